The van der Waals surface area contributed by atoms with E-state index >= 15 is 0 Å². The molecule has 1 aliphatic rings. The number of pyridine rings is 1. The fourth-order valence-corrected chi connectivity index (χ4v) is 4.23. The molecule has 6 nitrogen and oxygen atoms in total. The molecule has 0 aliphatic carbocycles. The first-order valence-corrected chi connectivity index (χ1v) is 9.64. The molecule has 1 aromatic carbocycles. The first-order chi connectivity index (χ1) is 13.6. The van der Waals surface area contributed by atoms with Crippen LogP contribution in [-0.2, 0) is 0 Å². The average molecular weight is 372 g/mol. The van der Waals surface area contributed by atoms with Crippen LogP contribution in [0, 0.1) is 25.2 Å². The normalized spacial score (nSPS) is 16.8. The number of benzene rings is 1. The van der Waals surface area contributed by atoms with E-state index in [1.807, 2.05) is 12.1 Å². The van der Waals surface area contributed by atoms with Crippen molar-refractivity contribution in [1.29, 1.82) is 5.26 Å². The van der Waals surface area contributed by atoms with Crippen molar-refractivity contribution in [2.45, 2.75) is 32.7 Å². The number of piperidine rings is 1. The van der Waals surface area contributed by atoms with Gasteiger partial charge in [-0.1, -0.05) is 11.6 Å². The Kier molecular flexibility index (Phi) is 4.82. The predicted octanol–water partition coefficient (Wildman–Crippen LogP) is 3.62. The minimum absolute atomic E-state index is 0.286. The smallest absolute Gasteiger partial charge is 0.151 e. The maximum Gasteiger partial charge on any atom is 0.151 e. The van der Waals surface area contributed by atoms with E-state index in [-0.39, 0.29) is 6.04 Å². The molecule has 4 rings (SSSR count). The van der Waals surface area contributed by atoms with Gasteiger partial charge in [0.2, 0.25) is 0 Å². The quantitative estimate of drug-likeness (QED) is 0.699. The summed E-state index contributed by atoms with van der Waals surface area (Å²) >= 11 is 0. The van der Waals surface area contributed by atoms with Gasteiger partial charge in [-0.2, -0.15) is 10.4 Å². The van der Waals surface area contributed by atoms with Crippen molar-refractivity contribution in [2.24, 2.45) is 0 Å². The number of rotatable bonds is 3. The van der Waals surface area contributed by atoms with Crippen LogP contribution in [0.4, 0.5) is 11.5 Å². The van der Waals surface area contributed by atoms with Crippen LogP contribution in [0.3, 0.4) is 0 Å². The summed E-state index contributed by atoms with van der Waals surface area (Å²) < 4.78 is 0. The SMILES string of the molecule is Cc1cc(C)c2ncc(C#N)c(N(C)C3CCCN(c4cccnn4)C3)c2c1. The lowest BCUT2D eigenvalue weighted by Crippen LogP contribution is -2.47. The van der Waals surface area contributed by atoms with Crippen LogP contribution in [0.15, 0.2) is 36.7 Å². The molecule has 2 aromatic heterocycles. The third-order valence-corrected chi connectivity index (χ3v) is 5.58. The van der Waals surface area contributed by atoms with Gasteiger partial charge in [0, 0.05) is 44.0 Å². The van der Waals surface area contributed by atoms with Crippen molar-refractivity contribution in [3.05, 3.63) is 53.3 Å². The number of aryl methyl sites for hydroxylation is 2. The molecule has 3 aromatic rings. The second kappa shape index (κ2) is 7.43. The Hall–Kier alpha value is -3.20. The van der Waals surface area contributed by atoms with Crippen molar-refractivity contribution in [3.63, 3.8) is 0 Å². The summed E-state index contributed by atoms with van der Waals surface area (Å²) in [6, 6.07) is 10.8. The zero-order valence-corrected chi connectivity index (χ0v) is 16.6. The Labute approximate surface area is 165 Å². The summed E-state index contributed by atoms with van der Waals surface area (Å²) in [5, 5.41) is 19.1. The number of anilines is 2. The predicted molar refractivity (Wildman–Crippen MR) is 112 cm³/mol. The Morgan fingerprint density at radius 1 is 1.29 bits per heavy atom. The van der Waals surface area contributed by atoms with Gasteiger partial charge in [-0.15, -0.1) is 5.10 Å². The van der Waals surface area contributed by atoms with E-state index in [4.69, 9.17) is 0 Å². The van der Waals surface area contributed by atoms with E-state index in [1.165, 1.54) is 5.56 Å². The number of hydrogen-bond acceptors (Lipinski definition) is 6. The van der Waals surface area contributed by atoms with E-state index in [0.29, 0.717) is 5.56 Å². The first-order valence-electron chi connectivity index (χ1n) is 9.64. The largest absolute Gasteiger partial charge is 0.368 e. The Morgan fingerprint density at radius 2 is 2.14 bits per heavy atom. The van der Waals surface area contributed by atoms with Crippen molar-refractivity contribution in [3.8, 4) is 6.07 Å². The van der Waals surface area contributed by atoms with Crippen LogP contribution in [0.1, 0.15) is 29.5 Å². The maximum atomic E-state index is 9.75. The molecule has 1 unspecified atom stereocenters. The molecule has 0 radical (unpaired) electrons. The third kappa shape index (κ3) is 3.24. The molecule has 1 fully saturated rings. The molecule has 0 saturated carbocycles. The topological polar surface area (TPSA) is 68.9 Å². The lowest BCUT2D eigenvalue weighted by Gasteiger charge is -2.39. The highest BCUT2D eigenvalue weighted by Crippen LogP contribution is 2.34. The highest BCUT2D eigenvalue weighted by molar-refractivity contribution is 5.96. The fourth-order valence-electron chi connectivity index (χ4n) is 4.23. The van der Waals surface area contributed by atoms with Gasteiger partial charge in [0.1, 0.15) is 6.07 Å². The van der Waals surface area contributed by atoms with Crippen LogP contribution < -0.4 is 9.80 Å². The van der Waals surface area contributed by atoms with E-state index in [1.54, 1.807) is 12.4 Å². The molecule has 28 heavy (non-hydrogen) atoms. The summed E-state index contributed by atoms with van der Waals surface area (Å²) in [5.74, 6) is 0.910. The molecule has 1 atom stereocenters. The molecule has 0 bridgehead atoms. The number of likely N-dealkylation sites (N-methyl/N-ethyl adjacent to an activating group) is 1. The minimum Gasteiger partial charge on any atom is -0.368 e. The van der Waals surface area contributed by atoms with Gasteiger partial charge >= 0.3 is 0 Å². The van der Waals surface area contributed by atoms with Gasteiger partial charge in [0.15, 0.2) is 5.82 Å². The van der Waals surface area contributed by atoms with Crippen LogP contribution >= 0.6 is 0 Å². The third-order valence-electron chi connectivity index (χ3n) is 5.58. The maximum absolute atomic E-state index is 9.75. The standard InChI is InChI=1S/C22H24N6/c1-15-10-16(2)21-19(11-15)22(17(12-23)13-24-21)27(3)18-6-5-9-28(14-18)20-7-4-8-25-26-20/h4,7-8,10-11,13,18H,5-6,9,14H2,1-3H3. The van der Waals surface area contributed by atoms with Crippen LogP contribution in [0.2, 0.25) is 0 Å². The molecule has 1 aliphatic heterocycles. The second-order valence-electron chi connectivity index (χ2n) is 7.55. The number of nitrogens with zero attached hydrogens (tertiary/aromatic N) is 6. The van der Waals surface area contributed by atoms with E-state index in [9.17, 15) is 5.26 Å². The highest BCUT2D eigenvalue weighted by atomic mass is 15.3. The Morgan fingerprint density at radius 3 is 2.89 bits per heavy atom. The molecule has 0 N–H and O–H groups in total. The van der Waals surface area contributed by atoms with Gasteiger partial charge in [-0.3, -0.25) is 4.98 Å². The van der Waals surface area contributed by atoms with Crippen molar-refractivity contribution in [2.75, 3.05) is 29.9 Å². The van der Waals surface area contributed by atoms with Crippen molar-refractivity contribution >= 4 is 22.4 Å². The molecule has 0 amide bonds. The second-order valence-corrected chi connectivity index (χ2v) is 7.55. The number of hydrogen-bond donors (Lipinski definition) is 0. The lowest BCUT2D eigenvalue weighted by molar-refractivity contribution is 0.485. The lowest BCUT2D eigenvalue weighted by atomic mass is 9.99. The summed E-state index contributed by atoms with van der Waals surface area (Å²) in [7, 11) is 2.10. The number of aromatic nitrogens is 3. The monoisotopic (exact) mass is 372 g/mol. The average Bonchev–Trinajstić information content (AvgIpc) is 2.73. The summed E-state index contributed by atoms with van der Waals surface area (Å²) in [4.78, 5) is 9.11. The summed E-state index contributed by atoms with van der Waals surface area (Å²) in [6.07, 6.45) is 5.56. The van der Waals surface area contributed by atoms with Gasteiger partial charge in [-0.25, -0.2) is 0 Å². The van der Waals surface area contributed by atoms with Crippen molar-refractivity contribution < 1.29 is 0 Å². The van der Waals surface area contributed by atoms with E-state index in [2.05, 4.69) is 64.1 Å². The molecule has 3 heterocycles. The number of nitriles is 1. The molecule has 142 valence electrons. The van der Waals surface area contributed by atoms with Crippen LogP contribution in [-0.4, -0.2) is 41.4 Å². The molecule has 1 saturated heterocycles. The molecular weight excluding hydrogens is 348 g/mol. The zero-order valence-electron chi connectivity index (χ0n) is 16.6. The fraction of sp³-hybridized carbons (Fsp3) is 0.364. The van der Waals surface area contributed by atoms with Gasteiger partial charge in [-0.05, 0) is 50.5 Å². The molecular formula is C22H24N6. The molecule has 0 spiro atoms. The highest BCUT2D eigenvalue weighted by Gasteiger charge is 2.27. The zero-order chi connectivity index (χ0) is 19.7. The Balaban J connectivity index is 1.74. The van der Waals surface area contributed by atoms with Crippen LogP contribution in [0.25, 0.3) is 10.9 Å². The summed E-state index contributed by atoms with van der Waals surface area (Å²) in [5.41, 5.74) is 4.88. The van der Waals surface area contributed by atoms with Gasteiger partial charge in [0.05, 0.1) is 16.8 Å². The summed E-state index contributed by atoms with van der Waals surface area (Å²) in [6.45, 7) is 6.00. The van der Waals surface area contributed by atoms with E-state index < -0.39 is 0 Å². The first kappa shape index (κ1) is 18.2. The number of fused-ring (bicyclic) bond motifs is 1. The van der Waals surface area contributed by atoms with E-state index in [0.717, 1.165) is 53.9 Å². The van der Waals surface area contributed by atoms with Crippen LogP contribution in [0.5, 0.6) is 0 Å². The minimum atomic E-state index is 0.286. The van der Waals surface area contributed by atoms with Gasteiger partial charge in [0.25, 0.3) is 0 Å². The van der Waals surface area contributed by atoms with Crippen molar-refractivity contribution in [1.82, 2.24) is 15.2 Å². The molecule has 6 heteroatoms. The Bertz CT molecular complexity index is 1040. The van der Waals surface area contributed by atoms with Gasteiger partial charge < -0.3 is 9.80 Å².